The summed E-state index contributed by atoms with van der Waals surface area (Å²) in [6, 6.07) is 16.0. The fourth-order valence-electron chi connectivity index (χ4n) is 2.24. The number of carbonyl (C=O) groups excluding carboxylic acids is 1. The maximum absolute atomic E-state index is 11.9. The van der Waals surface area contributed by atoms with Crippen LogP contribution in [-0.4, -0.2) is 22.6 Å². The number of hydrogen-bond acceptors (Lipinski definition) is 4. The van der Waals surface area contributed by atoms with Crippen LogP contribution in [0, 0.1) is 6.92 Å². The molecule has 5 heteroatoms. The first-order valence-electron chi connectivity index (χ1n) is 7.19. The van der Waals surface area contributed by atoms with E-state index in [-0.39, 0.29) is 18.3 Å². The molecule has 0 aliphatic carbocycles. The van der Waals surface area contributed by atoms with Crippen LogP contribution in [0.1, 0.15) is 5.69 Å². The first-order chi connectivity index (χ1) is 11.1. The standard InChI is InChI=1S/C18H16N2O3/c1-12-3-2-4-17(19-12)20-18(22)11-23-16-8-6-13-5-7-15(21)9-14(13)10-16/h2-10,21H,11H2,1H3,(H,19,20,22). The molecule has 0 saturated carbocycles. The Balaban J connectivity index is 1.64. The van der Waals surface area contributed by atoms with Crippen molar-refractivity contribution in [1.29, 1.82) is 0 Å². The SMILES string of the molecule is Cc1cccc(NC(=O)COc2ccc3ccc(O)cc3c2)n1. The van der Waals surface area contributed by atoms with E-state index < -0.39 is 0 Å². The molecule has 1 heterocycles. The lowest BCUT2D eigenvalue weighted by molar-refractivity contribution is -0.118. The quantitative estimate of drug-likeness (QED) is 0.776. The fourth-order valence-corrected chi connectivity index (χ4v) is 2.24. The molecule has 0 radical (unpaired) electrons. The van der Waals surface area contributed by atoms with Crippen molar-refractivity contribution >= 4 is 22.5 Å². The largest absolute Gasteiger partial charge is 0.508 e. The Labute approximate surface area is 133 Å². The van der Waals surface area contributed by atoms with Gasteiger partial charge in [0, 0.05) is 5.69 Å². The van der Waals surface area contributed by atoms with E-state index in [2.05, 4.69) is 10.3 Å². The molecule has 1 amide bonds. The van der Waals surface area contributed by atoms with Crippen molar-refractivity contribution in [3.63, 3.8) is 0 Å². The summed E-state index contributed by atoms with van der Waals surface area (Å²) in [6.45, 7) is 1.75. The van der Waals surface area contributed by atoms with Crippen LogP contribution in [0.4, 0.5) is 5.82 Å². The van der Waals surface area contributed by atoms with Crippen LogP contribution in [0.2, 0.25) is 0 Å². The van der Waals surface area contributed by atoms with Gasteiger partial charge in [0.1, 0.15) is 17.3 Å². The molecule has 116 valence electrons. The maximum Gasteiger partial charge on any atom is 0.263 e. The van der Waals surface area contributed by atoms with Gasteiger partial charge in [-0.05, 0) is 54.1 Å². The predicted octanol–water partition coefficient (Wildman–Crippen LogP) is 3.27. The molecule has 0 fully saturated rings. The highest BCUT2D eigenvalue weighted by molar-refractivity contribution is 5.91. The number of anilines is 1. The van der Waals surface area contributed by atoms with E-state index >= 15 is 0 Å². The minimum absolute atomic E-state index is 0.111. The molecule has 0 saturated heterocycles. The normalized spacial score (nSPS) is 10.5. The third-order valence-electron chi connectivity index (χ3n) is 3.32. The number of phenolic OH excluding ortho intramolecular Hbond substituents is 1. The number of pyridine rings is 1. The summed E-state index contributed by atoms with van der Waals surface area (Å²) in [6.07, 6.45) is 0. The Morgan fingerprint density at radius 2 is 1.96 bits per heavy atom. The fraction of sp³-hybridized carbons (Fsp3) is 0.111. The minimum atomic E-state index is -0.279. The lowest BCUT2D eigenvalue weighted by Gasteiger charge is -2.08. The van der Waals surface area contributed by atoms with Gasteiger partial charge in [-0.3, -0.25) is 4.79 Å². The highest BCUT2D eigenvalue weighted by Crippen LogP contribution is 2.24. The molecule has 0 bridgehead atoms. The molecule has 23 heavy (non-hydrogen) atoms. The monoisotopic (exact) mass is 308 g/mol. The molecular weight excluding hydrogens is 292 g/mol. The zero-order valence-corrected chi connectivity index (χ0v) is 12.6. The average molecular weight is 308 g/mol. The number of carbonyl (C=O) groups is 1. The molecular formula is C18H16N2O3. The number of fused-ring (bicyclic) bond motifs is 1. The van der Waals surface area contributed by atoms with Crippen LogP contribution in [0.25, 0.3) is 10.8 Å². The van der Waals surface area contributed by atoms with Crippen molar-refractivity contribution in [2.75, 3.05) is 11.9 Å². The highest BCUT2D eigenvalue weighted by Gasteiger charge is 2.05. The summed E-state index contributed by atoms with van der Waals surface area (Å²) < 4.78 is 5.50. The van der Waals surface area contributed by atoms with Gasteiger partial charge in [0.25, 0.3) is 5.91 Å². The van der Waals surface area contributed by atoms with Crippen molar-refractivity contribution in [3.05, 3.63) is 60.3 Å². The molecule has 0 aliphatic heterocycles. The number of amides is 1. The van der Waals surface area contributed by atoms with Gasteiger partial charge in [-0.25, -0.2) is 4.98 Å². The predicted molar refractivity (Wildman–Crippen MR) is 88.7 cm³/mol. The van der Waals surface area contributed by atoms with Gasteiger partial charge < -0.3 is 15.2 Å². The van der Waals surface area contributed by atoms with Crippen molar-refractivity contribution < 1.29 is 14.6 Å². The second-order valence-electron chi connectivity index (χ2n) is 5.19. The number of hydrogen-bond donors (Lipinski definition) is 2. The van der Waals surface area contributed by atoms with Gasteiger partial charge in [-0.2, -0.15) is 0 Å². The Hall–Kier alpha value is -3.08. The topological polar surface area (TPSA) is 71.5 Å². The summed E-state index contributed by atoms with van der Waals surface area (Å²) >= 11 is 0. The molecule has 0 atom stereocenters. The van der Waals surface area contributed by atoms with Crippen LogP contribution in [0.15, 0.2) is 54.6 Å². The highest BCUT2D eigenvalue weighted by atomic mass is 16.5. The van der Waals surface area contributed by atoms with Gasteiger partial charge in [-0.15, -0.1) is 0 Å². The number of rotatable bonds is 4. The number of benzene rings is 2. The Morgan fingerprint density at radius 3 is 2.78 bits per heavy atom. The third-order valence-corrected chi connectivity index (χ3v) is 3.32. The molecule has 0 spiro atoms. The molecule has 1 aromatic heterocycles. The van der Waals surface area contributed by atoms with Gasteiger partial charge in [0.05, 0.1) is 0 Å². The average Bonchev–Trinajstić information content (AvgIpc) is 2.52. The molecule has 2 aromatic carbocycles. The third kappa shape index (κ3) is 3.77. The smallest absolute Gasteiger partial charge is 0.263 e. The van der Waals surface area contributed by atoms with E-state index in [1.54, 1.807) is 30.3 Å². The van der Waals surface area contributed by atoms with Crippen molar-refractivity contribution in [2.24, 2.45) is 0 Å². The summed E-state index contributed by atoms with van der Waals surface area (Å²) in [7, 11) is 0. The molecule has 0 unspecified atom stereocenters. The van der Waals surface area contributed by atoms with Crippen LogP contribution in [0.3, 0.4) is 0 Å². The minimum Gasteiger partial charge on any atom is -0.508 e. The van der Waals surface area contributed by atoms with Gasteiger partial charge in [-0.1, -0.05) is 18.2 Å². The summed E-state index contributed by atoms with van der Waals surface area (Å²) in [4.78, 5) is 16.1. The summed E-state index contributed by atoms with van der Waals surface area (Å²) in [5, 5.41) is 14.0. The van der Waals surface area contributed by atoms with Crippen molar-refractivity contribution in [1.82, 2.24) is 4.98 Å². The number of phenols is 1. The van der Waals surface area contributed by atoms with Crippen molar-refractivity contribution in [3.8, 4) is 11.5 Å². The zero-order chi connectivity index (χ0) is 16.2. The number of aromatic hydroxyl groups is 1. The second-order valence-corrected chi connectivity index (χ2v) is 5.19. The van der Waals surface area contributed by atoms with Crippen molar-refractivity contribution in [2.45, 2.75) is 6.92 Å². The molecule has 3 rings (SSSR count). The molecule has 2 N–H and O–H groups in total. The van der Waals surface area contributed by atoms with Crippen LogP contribution in [-0.2, 0) is 4.79 Å². The maximum atomic E-state index is 11.9. The van der Waals surface area contributed by atoms with Crippen LogP contribution < -0.4 is 10.1 Å². The Morgan fingerprint density at radius 1 is 1.13 bits per heavy atom. The molecule has 5 nitrogen and oxygen atoms in total. The summed E-state index contributed by atoms with van der Waals surface area (Å²) in [5.74, 6) is 0.981. The Kier molecular flexibility index (Phi) is 4.10. The lowest BCUT2D eigenvalue weighted by Crippen LogP contribution is -2.20. The van der Waals surface area contributed by atoms with Crippen LogP contribution >= 0.6 is 0 Å². The van der Waals surface area contributed by atoms with Gasteiger partial charge >= 0.3 is 0 Å². The van der Waals surface area contributed by atoms with E-state index in [1.807, 2.05) is 31.2 Å². The first kappa shape index (κ1) is 14.8. The van der Waals surface area contributed by atoms with E-state index in [4.69, 9.17) is 4.74 Å². The van der Waals surface area contributed by atoms with Gasteiger partial charge in [0.15, 0.2) is 6.61 Å². The lowest BCUT2D eigenvalue weighted by atomic mass is 10.1. The molecule has 0 aliphatic rings. The van der Waals surface area contributed by atoms with E-state index in [0.29, 0.717) is 11.6 Å². The van der Waals surface area contributed by atoms with E-state index in [1.165, 1.54) is 0 Å². The number of ether oxygens (including phenoxy) is 1. The number of aryl methyl sites for hydroxylation is 1. The van der Waals surface area contributed by atoms with Gasteiger partial charge in [0.2, 0.25) is 0 Å². The number of nitrogens with one attached hydrogen (secondary N) is 1. The Bertz CT molecular complexity index is 862. The molecule has 3 aromatic rings. The second kappa shape index (κ2) is 6.36. The number of nitrogens with zero attached hydrogens (tertiary/aromatic N) is 1. The van der Waals surface area contributed by atoms with E-state index in [0.717, 1.165) is 16.5 Å². The zero-order valence-electron chi connectivity index (χ0n) is 12.6. The summed E-state index contributed by atoms with van der Waals surface area (Å²) in [5.41, 5.74) is 0.832. The van der Waals surface area contributed by atoms with E-state index in [9.17, 15) is 9.90 Å². The van der Waals surface area contributed by atoms with Crippen LogP contribution in [0.5, 0.6) is 11.5 Å². The number of aromatic nitrogens is 1. The first-order valence-corrected chi connectivity index (χ1v) is 7.19.